The minimum Gasteiger partial charge on any atom is -0.481 e. The van der Waals surface area contributed by atoms with E-state index in [1.165, 1.54) is 0 Å². The molecule has 0 fully saturated rings. The fraction of sp³-hybridized carbons (Fsp3) is 0.692. The zero-order valence-electron chi connectivity index (χ0n) is 12.2. The molecule has 2 N–H and O–H groups in total. The summed E-state index contributed by atoms with van der Waals surface area (Å²) in [7, 11) is 3.08. The largest absolute Gasteiger partial charge is 0.481 e. The Balaban J connectivity index is 2.95. The van der Waals surface area contributed by atoms with Gasteiger partial charge < -0.3 is 19.9 Å². The predicted molar refractivity (Wildman–Crippen MR) is 73.7 cm³/mol. The highest BCUT2D eigenvalue weighted by atomic mass is 16.5. The van der Waals surface area contributed by atoms with Crippen LogP contribution < -0.4 is 14.8 Å². The van der Waals surface area contributed by atoms with Crippen LogP contribution in [0.15, 0.2) is 6.07 Å². The van der Waals surface area contributed by atoms with Gasteiger partial charge in [-0.3, -0.25) is 0 Å². The summed E-state index contributed by atoms with van der Waals surface area (Å²) in [5.74, 6) is 1.31. The first-order valence-electron chi connectivity index (χ1n) is 6.25. The number of nitrogens with zero attached hydrogens (tertiary/aromatic N) is 2. The van der Waals surface area contributed by atoms with Gasteiger partial charge in [-0.1, -0.05) is 20.8 Å². The molecule has 1 rings (SSSR count). The van der Waals surface area contributed by atoms with Crippen molar-refractivity contribution in [2.45, 2.75) is 33.2 Å². The molecule has 1 atom stereocenters. The molecule has 1 heterocycles. The maximum atomic E-state index is 9.15. The third-order valence-electron chi connectivity index (χ3n) is 2.86. The second-order valence-corrected chi connectivity index (χ2v) is 5.35. The Morgan fingerprint density at radius 1 is 1.21 bits per heavy atom. The summed E-state index contributed by atoms with van der Waals surface area (Å²) < 4.78 is 10.2. The van der Waals surface area contributed by atoms with Crippen molar-refractivity contribution in [3.05, 3.63) is 6.07 Å². The quantitative estimate of drug-likeness (QED) is 0.818. The highest BCUT2D eigenvalue weighted by molar-refractivity contribution is 5.35. The van der Waals surface area contributed by atoms with Gasteiger partial charge in [0.05, 0.1) is 20.3 Å². The Hall–Kier alpha value is -1.56. The summed E-state index contributed by atoms with van der Waals surface area (Å²) in [6.45, 7) is 6.39. The summed E-state index contributed by atoms with van der Waals surface area (Å²) in [4.78, 5) is 8.46. The fourth-order valence-electron chi connectivity index (χ4n) is 1.68. The highest BCUT2D eigenvalue weighted by Gasteiger charge is 2.25. The molecular weight excluding hydrogens is 246 g/mol. The van der Waals surface area contributed by atoms with E-state index >= 15 is 0 Å². The molecule has 0 saturated heterocycles. The van der Waals surface area contributed by atoms with Gasteiger partial charge in [0.25, 0.3) is 0 Å². The van der Waals surface area contributed by atoms with E-state index in [0.29, 0.717) is 24.1 Å². The second kappa shape index (κ2) is 6.56. The fourth-order valence-corrected chi connectivity index (χ4v) is 1.68. The molecule has 0 bridgehead atoms. The topological polar surface area (TPSA) is 76.5 Å². The number of nitrogens with one attached hydrogen (secondary N) is 1. The Morgan fingerprint density at radius 3 is 2.11 bits per heavy atom. The van der Waals surface area contributed by atoms with Crippen molar-refractivity contribution < 1.29 is 14.6 Å². The van der Waals surface area contributed by atoms with Crippen LogP contribution in [0.2, 0.25) is 0 Å². The van der Waals surface area contributed by atoms with Gasteiger partial charge in [0.1, 0.15) is 0 Å². The van der Waals surface area contributed by atoms with Crippen LogP contribution in [0, 0.1) is 5.41 Å². The Bertz CT molecular complexity index is 382. The van der Waals surface area contributed by atoms with E-state index in [9.17, 15) is 0 Å². The third-order valence-corrected chi connectivity index (χ3v) is 2.86. The lowest BCUT2D eigenvalue weighted by molar-refractivity contribution is 0.234. The van der Waals surface area contributed by atoms with Crippen molar-refractivity contribution in [3.63, 3.8) is 0 Å². The van der Waals surface area contributed by atoms with Gasteiger partial charge in [0.15, 0.2) is 0 Å². The van der Waals surface area contributed by atoms with Gasteiger partial charge in [0.2, 0.25) is 17.7 Å². The van der Waals surface area contributed by atoms with Crippen molar-refractivity contribution >= 4 is 5.95 Å². The molecule has 1 aromatic heterocycles. The lowest BCUT2D eigenvalue weighted by Gasteiger charge is -2.31. The Kier molecular flexibility index (Phi) is 5.35. The summed E-state index contributed by atoms with van der Waals surface area (Å²) in [6.07, 6.45) is 0.617. The number of rotatable bonds is 6. The summed E-state index contributed by atoms with van der Waals surface area (Å²) in [5.41, 5.74) is -0.0254. The van der Waals surface area contributed by atoms with Gasteiger partial charge >= 0.3 is 0 Å². The predicted octanol–water partition coefficient (Wildman–Crippen LogP) is 1.70. The summed E-state index contributed by atoms with van der Waals surface area (Å²) in [5, 5.41) is 12.4. The average molecular weight is 269 g/mol. The zero-order valence-corrected chi connectivity index (χ0v) is 12.2. The molecule has 0 aliphatic carbocycles. The van der Waals surface area contributed by atoms with Gasteiger partial charge in [-0.15, -0.1) is 0 Å². The monoisotopic (exact) mass is 269 g/mol. The molecule has 1 aromatic rings. The van der Waals surface area contributed by atoms with Crippen LogP contribution in [-0.4, -0.2) is 41.9 Å². The van der Waals surface area contributed by atoms with Crippen LogP contribution >= 0.6 is 0 Å². The lowest BCUT2D eigenvalue weighted by atomic mass is 9.85. The van der Waals surface area contributed by atoms with Crippen LogP contribution in [0.3, 0.4) is 0 Å². The van der Waals surface area contributed by atoms with Crippen LogP contribution in [0.1, 0.15) is 27.2 Å². The number of anilines is 1. The van der Waals surface area contributed by atoms with Crippen molar-refractivity contribution in [1.29, 1.82) is 0 Å². The normalized spacial score (nSPS) is 12.9. The van der Waals surface area contributed by atoms with Crippen molar-refractivity contribution in [2.75, 3.05) is 26.1 Å². The smallest absolute Gasteiger partial charge is 0.229 e. The second-order valence-electron chi connectivity index (χ2n) is 5.35. The van der Waals surface area contributed by atoms with Gasteiger partial charge in [-0.2, -0.15) is 9.97 Å². The highest BCUT2D eigenvalue weighted by Crippen LogP contribution is 2.26. The van der Waals surface area contributed by atoms with Gasteiger partial charge in [-0.05, 0) is 11.8 Å². The molecule has 0 aromatic carbocycles. The first-order valence-corrected chi connectivity index (χ1v) is 6.25. The van der Waals surface area contributed by atoms with Crippen LogP contribution in [0.25, 0.3) is 0 Å². The molecule has 0 saturated carbocycles. The first kappa shape index (κ1) is 15.5. The van der Waals surface area contributed by atoms with E-state index in [0.717, 1.165) is 0 Å². The molecule has 1 unspecified atom stereocenters. The van der Waals surface area contributed by atoms with Crippen molar-refractivity contribution in [1.82, 2.24) is 9.97 Å². The Morgan fingerprint density at radius 2 is 1.74 bits per heavy atom. The minimum absolute atomic E-state index is 0.0254. The number of aliphatic hydroxyl groups is 1. The number of hydrogen-bond donors (Lipinski definition) is 2. The number of aromatic nitrogens is 2. The van der Waals surface area contributed by atoms with Crippen molar-refractivity contribution in [2.24, 2.45) is 5.41 Å². The molecule has 108 valence electrons. The maximum absolute atomic E-state index is 9.15. The van der Waals surface area contributed by atoms with Crippen LogP contribution in [-0.2, 0) is 0 Å². The van der Waals surface area contributed by atoms with Crippen LogP contribution in [0.5, 0.6) is 11.8 Å². The number of ether oxygens (including phenoxy) is 2. The van der Waals surface area contributed by atoms with Crippen LogP contribution in [0.4, 0.5) is 5.95 Å². The molecule has 0 aliphatic rings. The number of aliphatic hydroxyl groups excluding tert-OH is 1. The van der Waals surface area contributed by atoms with E-state index in [1.807, 2.05) is 0 Å². The van der Waals surface area contributed by atoms with Gasteiger partial charge in [-0.25, -0.2) is 0 Å². The SMILES string of the molecule is COc1cc(OC)nc(NC(CCO)C(C)(C)C)n1. The first-order chi connectivity index (χ1) is 8.90. The zero-order chi connectivity index (χ0) is 14.5. The van der Waals surface area contributed by atoms with E-state index in [-0.39, 0.29) is 18.1 Å². The van der Waals surface area contributed by atoms with Gasteiger partial charge in [0, 0.05) is 12.6 Å². The number of hydrogen-bond acceptors (Lipinski definition) is 6. The third kappa shape index (κ3) is 4.55. The summed E-state index contributed by atoms with van der Waals surface area (Å²) in [6, 6.07) is 1.66. The molecule has 19 heavy (non-hydrogen) atoms. The van der Waals surface area contributed by atoms with E-state index in [2.05, 4.69) is 36.1 Å². The maximum Gasteiger partial charge on any atom is 0.229 e. The molecule has 0 aliphatic heterocycles. The standard InChI is InChI=1S/C13H23N3O3/c1-13(2,3)9(6-7-17)14-12-15-10(18-4)8-11(16-12)19-5/h8-9,17H,6-7H2,1-5H3,(H,14,15,16). The molecule has 0 spiro atoms. The summed E-state index contributed by atoms with van der Waals surface area (Å²) >= 11 is 0. The minimum atomic E-state index is -0.0254. The van der Waals surface area contributed by atoms with E-state index < -0.39 is 0 Å². The van der Waals surface area contributed by atoms with E-state index in [1.54, 1.807) is 20.3 Å². The van der Waals surface area contributed by atoms with Crippen molar-refractivity contribution in [3.8, 4) is 11.8 Å². The molecule has 0 radical (unpaired) electrons. The Labute approximate surface area is 114 Å². The molecule has 6 nitrogen and oxygen atoms in total. The molecular formula is C13H23N3O3. The number of methoxy groups -OCH3 is 2. The lowest BCUT2D eigenvalue weighted by Crippen LogP contribution is -2.35. The average Bonchev–Trinajstić information content (AvgIpc) is 2.36. The molecule has 0 amide bonds. The molecule has 6 heteroatoms. The van der Waals surface area contributed by atoms with E-state index in [4.69, 9.17) is 14.6 Å².